The minimum atomic E-state index is 0.565. The van der Waals surface area contributed by atoms with Gasteiger partial charge in [-0.1, -0.05) is 20.3 Å². The highest BCUT2D eigenvalue weighted by molar-refractivity contribution is 7.98. The molecule has 0 aliphatic heterocycles. The Hall–Kier alpha value is 0.310. The van der Waals surface area contributed by atoms with E-state index in [1.807, 2.05) is 11.8 Å². The lowest BCUT2D eigenvalue weighted by Gasteiger charge is -2.37. The zero-order chi connectivity index (χ0) is 11.3. The van der Waals surface area contributed by atoms with E-state index < -0.39 is 0 Å². The lowest BCUT2D eigenvalue weighted by molar-refractivity contribution is 0.190. The van der Waals surface area contributed by atoms with Crippen LogP contribution < -0.4 is 5.32 Å². The molecule has 0 spiro atoms. The largest absolute Gasteiger partial charge is 0.311 e. The fourth-order valence-corrected chi connectivity index (χ4v) is 3.21. The summed E-state index contributed by atoms with van der Waals surface area (Å²) in [4.78, 5) is 0. The summed E-state index contributed by atoms with van der Waals surface area (Å²) in [6, 6.07) is 1.46. The van der Waals surface area contributed by atoms with Crippen molar-refractivity contribution in [3.8, 4) is 0 Å². The van der Waals surface area contributed by atoms with E-state index in [0.717, 1.165) is 6.04 Å². The predicted molar refractivity (Wildman–Crippen MR) is 71.6 cm³/mol. The van der Waals surface area contributed by atoms with E-state index in [4.69, 9.17) is 0 Å². The lowest BCUT2D eigenvalue weighted by Crippen LogP contribution is -2.42. The van der Waals surface area contributed by atoms with E-state index in [1.165, 1.54) is 37.9 Å². The minimum Gasteiger partial charge on any atom is -0.311 e. The van der Waals surface area contributed by atoms with Crippen LogP contribution in [0.5, 0.6) is 0 Å². The van der Waals surface area contributed by atoms with E-state index in [9.17, 15) is 0 Å². The smallest absolute Gasteiger partial charge is 0.00746 e. The zero-order valence-electron chi connectivity index (χ0n) is 10.8. The molecule has 1 aliphatic carbocycles. The summed E-state index contributed by atoms with van der Waals surface area (Å²) in [7, 11) is 0. The van der Waals surface area contributed by atoms with Gasteiger partial charge in [-0.3, -0.25) is 0 Å². The van der Waals surface area contributed by atoms with Crippen molar-refractivity contribution in [2.24, 2.45) is 5.41 Å². The Labute approximate surface area is 99.8 Å². The monoisotopic (exact) mass is 229 g/mol. The SMILES string of the molecule is CSCCC(C)NC1CCCC(C)(C)C1. The topological polar surface area (TPSA) is 12.0 Å². The summed E-state index contributed by atoms with van der Waals surface area (Å²) < 4.78 is 0. The number of thioether (sulfide) groups is 1. The van der Waals surface area contributed by atoms with Crippen LogP contribution in [0.25, 0.3) is 0 Å². The Kier molecular flexibility index (Phi) is 5.48. The summed E-state index contributed by atoms with van der Waals surface area (Å²) >= 11 is 1.95. The van der Waals surface area contributed by atoms with Gasteiger partial charge in [-0.15, -0.1) is 0 Å². The molecule has 1 nitrogen and oxygen atoms in total. The fraction of sp³-hybridized carbons (Fsp3) is 1.00. The van der Waals surface area contributed by atoms with Crippen LogP contribution in [0, 0.1) is 5.41 Å². The number of nitrogens with one attached hydrogen (secondary N) is 1. The Morgan fingerprint density at radius 3 is 2.80 bits per heavy atom. The van der Waals surface area contributed by atoms with Crippen molar-refractivity contribution in [3.05, 3.63) is 0 Å². The molecule has 2 atom stereocenters. The molecule has 1 saturated carbocycles. The molecule has 15 heavy (non-hydrogen) atoms. The Balaban J connectivity index is 2.25. The predicted octanol–water partition coefficient (Wildman–Crippen LogP) is 3.69. The second kappa shape index (κ2) is 6.15. The van der Waals surface area contributed by atoms with Crippen LogP contribution in [-0.4, -0.2) is 24.1 Å². The van der Waals surface area contributed by atoms with Crippen molar-refractivity contribution in [1.29, 1.82) is 0 Å². The van der Waals surface area contributed by atoms with Gasteiger partial charge in [-0.25, -0.2) is 0 Å². The number of hydrogen-bond donors (Lipinski definition) is 1. The van der Waals surface area contributed by atoms with Crippen LogP contribution in [0.2, 0.25) is 0 Å². The van der Waals surface area contributed by atoms with Crippen molar-refractivity contribution in [1.82, 2.24) is 5.32 Å². The van der Waals surface area contributed by atoms with Crippen LogP contribution in [-0.2, 0) is 0 Å². The van der Waals surface area contributed by atoms with E-state index in [0.29, 0.717) is 11.5 Å². The molecule has 0 radical (unpaired) electrons. The molecule has 1 aliphatic rings. The summed E-state index contributed by atoms with van der Waals surface area (Å²) in [6.45, 7) is 7.15. The molecular formula is C13H27NS. The molecule has 0 bridgehead atoms. The van der Waals surface area contributed by atoms with Gasteiger partial charge in [0, 0.05) is 12.1 Å². The van der Waals surface area contributed by atoms with Gasteiger partial charge in [0.2, 0.25) is 0 Å². The quantitative estimate of drug-likeness (QED) is 0.772. The van der Waals surface area contributed by atoms with Crippen LogP contribution >= 0.6 is 11.8 Å². The van der Waals surface area contributed by atoms with E-state index in [2.05, 4.69) is 32.3 Å². The van der Waals surface area contributed by atoms with Gasteiger partial charge in [-0.2, -0.15) is 11.8 Å². The highest BCUT2D eigenvalue weighted by atomic mass is 32.2. The van der Waals surface area contributed by atoms with Crippen LogP contribution in [0.1, 0.15) is 52.9 Å². The first-order valence-corrected chi connectivity index (χ1v) is 7.68. The van der Waals surface area contributed by atoms with Gasteiger partial charge in [0.1, 0.15) is 0 Å². The van der Waals surface area contributed by atoms with Gasteiger partial charge in [-0.05, 0) is 50.0 Å². The first kappa shape index (κ1) is 13.4. The number of hydrogen-bond acceptors (Lipinski definition) is 2. The Morgan fingerprint density at radius 1 is 1.47 bits per heavy atom. The van der Waals surface area contributed by atoms with Crippen molar-refractivity contribution >= 4 is 11.8 Å². The van der Waals surface area contributed by atoms with E-state index >= 15 is 0 Å². The molecule has 0 amide bonds. The van der Waals surface area contributed by atoms with Crippen molar-refractivity contribution < 1.29 is 0 Å². The van der Waals surface area contributed by atoms with Gasteiger partial charge >= 0.3 is 0 Å². The normalized spacial score (nSPS) is 27.6. The number of rotatable bonds is 5. The first-order chi connectivity index (χ1) is 7.03. The highest BCUT2D eigenvalue weighted by Gasteiger charge is 2.28. The summed E-state index contributed by atoms with van der Waals surface area (Å²) in [5, 5.41) is 3.80. The molecule has 2 heteroatoms. The molecule has 2 unspecified atom stereocenters. The van der Waals surface area contributed by atoms with Crippen LogP contribution in [0.4, 0.5) is 0 Å². The fourth-order valence-electron chi connectivity index (χ4n) is 2.62. The Morgan fingerprint density at radius 2 is 2.20 bits per heavy atom. The third-order valence-corrected chi connectivity index (χ3v) is 4.12. The van der Waals surface area contributed by atoms with Gasteiger partial charge in [0.15, 0.2) is 0 Å². The van der Waals surface area contributed by atoms with E-state index in [1.54, 1.807) is 0 Å². The van der Waals surface area contributed by atoms with Gasteiger partial charge in [0.25, 0.3) is 0 Å². The third kappa shape index (κ3) is 5.26. The molecule has 0 aromatic heterocycles. The Bertz CT molecular complexity index is 179. The van der Waals surface area contributed by atoms with Gasteiger partial charge in [0.05, 0.1) is 0 Å². The lowest BCUT2D eigenvalue weighted by atomic mass is 9.75. The molecule has 1 rings (SSSR count). The van der Waals surface area contributed by atoms with Crippen LogP contribution in [0.3, 0.4) is 0 Å². The molecule has 0 aromatic carbocycles. The molecule has 0 saturated heterocycles. The zero-order valence-corrected chi connectivity index (χ0v) is 11.6. The molecular weight excluding hydrogens is 202 g/mol. The second-order valence-electron chi connectivity index (χ2n) is 5.81. The van der Waals surface area contributed by atoms with Gasteiger partial charge < -0.3 is 5.32 Å². The molecule has 90 valence electrons. The molecule has 1 N–H and O–H groups in total. The maximum atomic E-state index is 3.80. The maximum absolute atomic E-state index is 3.80. The first-order valence-electron chi connectivity index (χ1n) is 6.28. The second-order valence-corrected chi connectivity index (χ2v) is 6.79. The van der Waals surface area contributed by atoms with Crippen LogP contribution in [0.15, 0.2) is 0 Å². The third-order valence-electron chi connectivity index (χ3n) is 3.48. The standard InChI is InChI=1S/C13H27NS/c1-11(7-9-15-4)14-12-6-5-8-13(2,3)10-12/h11-12,14H,5-10H2,1-4H3. The summed E-state index contributed by atoms with van der Waals surface area (Å²) in [5.41, 5.74) is 0.565. The molecule has 1 fully saturated rings. The van der Waals surface area contributed by atoms with E-state index in [-0.39, 0.29) is 0 Å². The van der Waals surface area contributed by atoms with Crippen molar-refractivity contribution in [2.75, 3.05) is 12.0 Å². The highest BCUT2D eigenvalue weighted by Crippen LogP contribution is 2.35. The van der Waals surface area contributed by atoms with Crippen molar-refractivity contribution in [3.63, 3.8) is 0 Å². The molecule has 0 heterocycles. The summed E-state index contributed by atoms with van der Waals surface area (Å²) in [6.07, 6.45) is 9.04. The average Bonchev–Trinajstić information content (AvgIpc) is 2.13. The minimum absolute atomic E-state index is 0.565. The molecule has 0 aromatic rings. The van der Waals surface area contributed by atoms with Crippen molar-refractivity contribution in [2.45, 2.75) is 65.0 Å². The average molecular weight is 229 g/mol. The summed E-state index contributed by atoms with van der Waals surface area (Å²) in [5.74, 6) is 1.28. The maximum Gasteiger partial charge on any atom is 0.00746 e.